The summed E-state index contributed by atoms with van der Waals surface area (Å²) >= 11 is 1.60. The topological polar surface area (TPSA) is 58.0 Å². The van der Waals surface area contributed by atoms with E-state index in [1.807, 2.05) is 26.8 Å². The van der Waals surface area contributed by atoms with E-state index < -0.39 is 0 Å². The van der Waals surface area contributed by atoms with Gasteiger partial charge in [0.1, 0.15) is 28.0 Å². The molecule has 2 aromatic heterocycles. The smallest absolute Gasteiger partial charge is 0.143 e. The van der Waals surface area contributed by atoms with Crippen LogP contribution < -0.4 is 5.32 Å². The molecule has 0 aliphatic carbocycles. The van der Waals surface area contributed by atoms with E-state index in [-0.39, 0.29) is 11.6 Å². The summed E-state index contributed by atoms with van der Waals surface area (Å²) in [4.78, 5) is 11.2. The number of anilines is 2. The van der Waals surface area contributed by atoms with E-state index in [0.717, 1.165) is 37.5 Å². The fraction of sp³-hybridized carbons (Fsp3) is 0.143. The Morgan fingerprint density at radius 3 is 2.44 bits per heavy atom. The van der Waals surface area contributed by atoms with Crippen molar-refractivity contribution in [3.8, 4) is 16.9 Å². The number of phenols is 1. The standard InChI is InChI=1S/C21H18FN3OS/c1-11-10-16(26)8-9-17(11)25-20-19-18(14-4-6-15(22)7-5-14)12(2)27-21(19)24-13(3)23-20/h4-10,26H,1-3H3,(H,23,24,25). The van der Waals surface area contributed by atoms with Crippen LogP contribution in [0.5, 0.6) is 5.75 Å². The summed E-state index contributed by atoms with van der Waals surface area (Å²) in [6, 6.07) is 11.6. The molecule has 2 N–H and O–H groups in total. The first-order valence-corrected chi connectivity index (χ1v) is 9.34. The Hall–Kier alpha value is -2.99. The first-order valence-electron chi connectivity index (χ1n) is 8.52. The molecule has 2 aromatic carbocycles. The van der Waals surface area contributed by atoms with Crippen LogP contribution in [0.1, 0.15) is 16.3 Å². The minimum absolute atomic E-state index is 0.223. The number of nitrogens with one attached hydrogen (secondary N) is 1. The highest BCUT2D eigenvalue weighted by atomic mass is 32.1. The van der Waals surface area contributed by atoms with Gasteiger partial charge in [0.25, 0.3) is 0 Å². The normalized spacial score (nSPS) is 11.1. The van der Waals surface area contributed by atoms with Gasteiger partial charge in [-0.15, -0.1) is 11.3 Å². The van der Waals surface area contributed by atoms with Crippen molar-refractivity contribution in [2.45, 2.75) is 20.8 Å². The molecule has 0 spiro atoms. The average molecular weight is 379 g/mol. The predicted octanol–water partition coefficient (Wildman–Crippen LogP) is 5.87. The second kappa shape index (κ2) is 6.63. The Labute approximate surface area is 160 Å². The highest BCUT2D eigenvalue weighted by molar-refractivity contribution is 7.19. The minimum atomic E-state index is -0.263. The number of thiophene rings is 1. The second-order valence-corrected chi connectivity index (χ2v) is 7.67. The van der Waals surface area contributed by atoms with Crippen LogP contribution in [0.4, 0.5) is 15.9 Å². The zero-order valence-electron chi connectivity index (χ0n) is 15.2. The van der Waals surface area contributed by atoms with Crippen molar-refractivity contribution in [2.75, 3.05) is 5.32 Å². The molecule has 0 atom stereocenters. The highest BCUT2D eigenvalue weighted by Gasteiger charge is 2.18. The van der Waals surface area contributed by atoms with Gasteiger partial charge in [-0.25, -0.2) is 14.4 Å². The maximum absolute atomic E-state index is 13.4. The number of benzene rings is 2. The number of aryl methyl sites for hydroxylation is 3. The van der Waals surface area contributed by atoms with Crippen LogP contribution in [0.15, 0.2) is 42.5 Å². The largest absolute Gasteiger partial charge is 0.508 e. The first kappa shape index (κ1) is 17.4. The number of hydrogen-bond donors (Lipinski definition) is 2. The molecule has 4 aromatic rings. The Kier molecular flexibility index (Phi) is 4.28. The van der Waals surface area contributed by atoms with Gasteiger partial charge in [-0.3, -0.25) is 0 Å². The van der Waals surface area contributed by atoms with Crippen molar-refractivity contribution in [1.29, 1.82) is 0 Å². The number of fused-ring (bicyclic) bond motifs is 1. The van der Waals surface area contributed by atoms with Crippen LogP contribution in [0, 0.1) is 26.6 Å². The fourth-order valence-corrected chi connectivity index (χ4v) is 4.28. The third kappa shape index (κ3) is 3.24. The Morgan fingerprint density at radius 2 is 1.74 bits per heavy atom. The van der Waals surface area contributed by atoms with Gasteiger partial charge in [0.05, 0.1) is 5.39 Å². The summed E-state index contributed by atoms with van der Waals surface area (Å²) in [7, 11) is 0. The zero-order valence-corrected chi connectivity index (χ0v) is 16.0. The van der Waals surface area contributed by atoms with E-state index in [0.29, 0.717) is 11.6 Å². The Morgan fingerprint density at radius 1 is 1.00 bits per heavy atom. The number of rotatable bonds is 3. The molecule has 4 rings (SSSR count). The molecule has 2 heterocycles. The van der Waals surface area contributed by atoms with Crippen molar-refractivity contribution in [1.82, 2.24) is 9.97 Å². The van der Waals surface area contributed by atoms with Gasteiger partial charge in [0.15, 0.2) is 0 Å². The maximum atomic E-state index is 13.4. The molecule has 27 heavy (non-hydrogen) atoms. The number of aromatic nitrogens is 2. The van der Waals surface area contributed by atoms with Crippen molar-refractivity contribution < 1.29 is 9.50 Å². The van der Waals surface area contributed by atoms with Gasteiger partial charge >= 0.3 is 0 Å². The summed E-state index contributed by atoms with van der Waals surface area (Å²) in [6.45, 7) is 5.82. The lowest BCUT2D eigenvalue weighted by atomic mass is 10.0. The molecule has 0 saturated heterocycles. The number of nitrogens with zero attached hydrogens (tertiary/aromatic N) is 2. The van der Waals surface area contributed by atoms with Crippen LogP contribution in [0.2, 0.25) is 0 Å². The lowest BCUT2D eigenvalue weighted by Gasteiger charge is -2.12. The summed E-state index contributed by atoms with van der Waals surface area (Å²) in [5.74, 6) is 1.34. The van der Waals surface area contributed by atoms with E-state index >= 15 is 0 Å². The van der Waals surface area contributed by atoms with Crippen LogP contribution >= 0.6 is 11.3 Å². The molecule has 0 fully saturated rings. The quantitative estimate of drug-likeness (QED) is 0.437. The zero-order chi connectivity index (χ0) is 19.1. The van der Waals surface area contributed by atoms with Crippen molar-refractivity contribution in [3.63, 3.8) is 0 Å². The number of hydrogen-bond acceptors (Lipinski definition) is 5. The van der Waals surface area contributed by atoms with E-state index in [9.17, 15) is 9.50 Å². The fourth-order valence-electron chi connectivity index (χ4n) is 3.19. The average Bonchev–Trinajstić information content (AvgIpc) is 2.94. The van der Waals surface area contributed by atoms with Crippen molar-refractivity contribution in [2.24, 2.45) is 0 Å². The van der Waals surface area contributed by atoms with Gasteiger partial charge in [-0.2, -0.15) is 0 Å². The highest BCUT2D eigenvalue weighted by Crippen LogP contribution is 2.41. The van der Waals surface area contributed by atoms with E-state index in [4.69, 9.17) is 0 Å². The van der Waals surface area contributed by atoms with Crippen LogP contribution in [-0.2, 0) is 0 Å². The molecule has 0 unspecified atom stereocenters. The summed E-state index contributed by atoms with van der Waals surface area (Å²) in [5, 5.41) is 14.0. The third-order valence-corrected chi connectivity index (χ3v) is 5.43. The minimum Gasteiger partial charge on any atom is -0.508 e. The maximum Gasteiger partial charge on any atom is 0.143 e. The summed E-state index contributed by atoms with van der Waals surface area (Å²) in [6.07, 6.45) is 0. The molecular weight excluding hydrogens is 361 g/mol. The first-order chi connectivity index (χ1) is 12.9. The van der Waals surface area contributed by atoms with E-state index in [1.165, 1.54) is 12.1 Å². The van der Waals surface area contributed by atoms with Crippen LogP contribution in [0.3, 0.4) is 0 Å². The number of phenolic OH excluding ortho intramolecular Hbond substituents is 1. The molecule has 0 aliphatic heterocycles. The lowest BCUT2D eigenvalue weighted by molar-refractivity contribution is 0.475. The van der Waals surface area contributed by atoms with Gasteiger partial charge in [0, 0.05) is 16.1 Å². The lowest BCUT2D eigenvalue weighted by Crippen LogP contribution is -2.00. The molecule has 0 saturated carbocycles. The Bertz CT molecular complexity index is 1150. The molecule has 0 aliphatic rings. The van der Waals surface area contributed by atoms with Gasteiger partial charge in [-0.05, 0) is 62.2 Å². The van der Waals surface area contributed by atoms with Gasteiger partial charge < -0.3 is 10.4 Å². The SMILES string of the molecule is Cc1nc(Nc2ccc(O)cc2C)c2c(-c3ccc(F)cc3)c(C)sc2n1. The van der Waals surface area contributed by atoms with Crippen LogP contribution in [-0.4, -0.2) is 15.1 Å². The van der Waals surface area contributed by atoms with Gasteiger partial charge in [-0.1, -0.05) is 12.1 Å². The van der Waals surface area contributed by atoms with Crippen LogP contribution in [0.25, 0.3) is 21.3 Å². The summed E-state index contributed by atoms with van der Waals surface area (Å²) in [5.41, 5.74) is 3.71. The molecular formula is C21H18FN3OS. The number of aromatic hydroxyl groups is 1. The monoisotopic (exact) mass is 379 g/mol. The molecule has 6 heteroatoms. The molecule has 4 nitrogen and oxygen atoms in total. The second-order valence-electron chi connectivity index (χ2n) is 6.46. The van der Waals surface area contributed by atoms with Gasteiger partial charge in [0.2, 0.25) is 0 Å². The third-order valence-electron chi connectivity index (χ3n) is 4.44. The molecule has 0 radical (unpaired) electrons. The van der Waals surface area contributed by atoms with Crippen molar-refractivity contribution >= 4 is 33.1 Å². The predicted molar refractivity (Wildman–Crippen MR) is 108 cm³/mol. The molecule has 136 valence electrons. The molecule has 0 amide bonds. The van der Waals surface area contributed by atoms with E-state index in [1.54, 1.807) is 35.6 Å². The van der Waals surface area contributed by atoms with E-state index in [2.05, 4.69) is 15.3 Å². The number of halogens is 1. The molecule has 0 bridgehead atoms. The summed E-state index contributed by atoms with van der Waals surface area (Å²) < 4.78 is 13.4. The Balaban J connectivity index is 1.93. The van der Waals surface area contributed by atoms with Crippen molar-refractivity contribution in [3.05, 3.63) is 64.5 Å².